The molecule has 0 saturated heterocycles. The molecule has 1 amide bonds. The fourth-order valence-electron chi connectivity index (χ4n) is 4.94. The Morgan fingerprint density at radius 2 is 1.69 bits per heavy atom. The Kier molecular flexibility index (Phi) is 8.91. The van der Waals surface area contributed by atoms with Crippen molar-refractivity contribution in [2.24, 2.45) is 5.92 Å². The van der Waals surface area contributed by atoms with Gasteiger partial charge in [0.15, 0.2) is 0 Å². The van der Waals surface area contributed by atoms with Gasteiger partial charge in [0.2, 0.25) is 0 Å². The minimum absolute atomic E-state index is 0.337. The summed E-state index contributed by atoms with van der Waals surface area (Å²) in [5.41, 5.74) is 3.85. The van der Waals surface area contributed by atoms with Gasteiger partial charge in [-0.1, -0.05) is 57.1 Å². The molecular formula is C30H37N5O. The largest absolute Gasteiger partial charge is 0.340 e. The molecule has 1 atom stereocenters. The lowest BCUT2D eigenvalue weighted by molar-refractivity contribution is -0.111. The monoisotopic (exact) mass is 483 g/mol. The minimum atomic E-state index is -0.337. The smallest absolute Gasteiger partial charge is 0.300 e. The molecule has 2 N–H and O–H groups in total. The van der Waals surface area contributed by atoms with Crippen LogP contribution in [0.5, 0.6) is 0 Å². The molecule has 0 bridgehead atoms. The van der Waals surface area contributed by atoms with Crippen molar-refractivity contribution in [1.82, 2.24) is 14.9 Å². The molecule has 6 nitrogen and oxygen atoms in total. The van der Waals surface area contributed by atoms with Gasteiger partial charge in [-0.2, -0.15) is 0 Å². The van der Waals surface area contributed by atoms with E-state index in [1.54, 1.807) is 6.33 Å². The number of rotatable bonds is 6. The molecule has 1 fully saturated rings. The van der Waals surface area contributed by atoms with Crippen molar-refractivity contribution < 1.29 is 4.79 Å². The third-order valence-electron chi connectivity index (χ3n) is 7.05. The highest BCUT2D eigenvalue weighted by atomic mass is 16.1. The van der Waals surface area contributed by atoms with E-state index in [1.807, 2.05) is 37.2 Å². The van der Waals surface area contributed by atoms with Crippen molar-refractivity contribution >= 4 is 34.0 Å². The van der Waals surface area contributed by atoms with E-state index in [-0.39, 0.29) is 5.91 Å². The number of hydrogen-bond donors (Lipinski definition) is 2. The molecule has 1 unspecified atom stereocenters. The van der Waals surface area contributed by atoms with Gasteiger partial charge in [-0.3, -0.25) is 9.69 Å². The molecule has 1 saturated carbocycles. The summed E-state index contributed by atoms with van der Waals surface area (Å²) in [4.78, 5) is 23.0. The molecular weight excluding hydrogens is 446 g/mol. The summed E-state index contributed by atoms with van der Waals surface area (Å²) < 4.78 is 0. The highest BCUT2D eigenvalue weighted by Gasteiger charge is 2.20. The lowest BCUT2D eigenvalue weighted by atomic mass is 9.79. The third kappa shape index (κ3) is 7.05. The number of carbonyl (C=O) groups is 1. The molecule has 188 valence electrons. The lowest BCUT2D eigenvalue weighted by Crippen LogP contribution is -2.13. The molecule has 1 aliphatic rings. The average molecular weight is 484 g/mol. The number of nitrogens with zero attached hydrogens (tertiary/aromatic N) is 3. The van der Waals surface area contributed by atoms with Crippen molar-refractivity contribution in [3.05, 3.63) is 54.4 Å². The molecule has 3 aromatic rings. The molecule has 0 radical (unpaired) electrons. The van der Waals surface area contributed by atoms with Gasteiger partial charge in [0.25, 0.3) is 5.91 Å². The number of fused-ring (bicyclic) bond motifs is 1. The van der Waals surface area contributed by atoms with E-state index < -0.39 is 0 Å². The number of aromatic nitrogens is 2. The SMILES string of the molecule is CC(c1ccc(Nc2ncnc3ccc(NC(=O)C#CCN(C)C)cc23)cc1)C1CCCCCCC1. The number of anilines is 3. The Morgan fingerprint density at radius 1 is 1.00 bits per heavy atom. The van der Waals surface area contributed by atoms with Gasteiger partial charge < -0.3 is 10.6 Å². The number of benzene rings is 2. The summed E-state index contributed by atoms with van der Waals surface area (Å²) in [5.74, 6) is 7.19. The second-order valence-corrected chi connectivity index (χ2v) is 10.1. The van der Waals surface area contributed by atoms with E-state index in [2.05, 4.69) is 63.6 Å². The van der Waals surface area contributed by atoms with Crippen LogP contribution >= 0.6 is 0 Å². The Balaban J connectivity index is 1.46. The van der Waals surface area contributed by atoms with Gasteiger partial charge in [-0.25, -0.2) is 9.97 Å². The van der Waals surface area contributed by atoms with Crippen molar-refractivity contribution in [1.29, 1.82) is 0 Å². The van der Waals surface area contributed by atoms with Crippen molar-refractivity contribution in [2.45, 2.75) is 57.8 Å². The van der Waals surface area contributed by atoms with Crippen molar-refractivity contribution in [3.8, 4) is 11.8 Å². The minimum Gasteiger partial charge on any atom is -0.340 e. The molecule has 1 heterocycles. The predicted molar refractivity (Wildman–Crippen MR) is 148 cm³/mol. The Morgan fingerprint density at radius 3 is 2.42 bits per heavy atom. The van der Waals surface area contributed by atoms with E-state index >= 15 is 0 Å². The topological polar surface area (TPSA) is 70.1 Å². The normalized spacial score (nSPS) is 15.4. The van der Waals surface area contributed by atoms with E-state index in [9.17, 15) is 4.79 Å². The molecule has 1 aliphatic carbocycles. The predicted octanol–water partition coefficient (Wildman–Crippen LogP) is 6.34. The maximum Gasteiger partial charge on any atom is 0.300 e. The zero-order valence-corrected chi connectivity index (χ0v) is 21.7. The number of carbonyl (C=O) groups excluding carboxylic acids is 1. The summed E-state index contributed by atoms with van der Waals surface area (Å²) in [7, 11) is 3.83. The maximum absolute atomic E-state index is 12.2. The first kappa shape index (κ1) is 25.7. The van der Waals surface area contributed by atoms with Crippen LogP contribution in [-0.2, 0) is 4.79 Å². The Labute approximate surface area is 214 Å². The van der Waals surface area contributed by atoms with Crippen LogP contribution in [0.1, 0.15) is 63.4 Å². The average Bonchev–Trinajstić information content (AvgIpc) is 2.84. The zero-order chi connectivity index (χ0) is 25.3. The molecule has 0 spiro atoms. The van der Waals surface area contributed by atoms with Crippen LogP contribution in [0, 0.1) is 17.8 Å². The van der Waals surface area contributed by atoms with Gasteiger partial charge in [0, 0.05) is 16.8 Å². The zero-order valence-electron chi connectivity index (χ0n) is 21.7. The summed E-state index contributed by atoms with van der Waals surface area (Å²) in [6, 6.07) is 14.3. The molecule has 6 heteroatoms. The van der Waals surface area contributed by atoms with Gasteiger partial charge in [-0.05, 0) is 80.6 Å². The van der Waals surface area contributed by atoms with Crippen LogP contribution in [0.15, 0.2) is 48.8 Å². The van der Waals surface area contributed by atoms with Gasteiger partial charge in [0.05, 0.1) is 12.1 Å². The summed E-state index contributed by atoms with van der Waals surface area (Å²) in [6.07, 6.45) is 11.1. The van der Waals surface area contributed by atoms with Gasteiger partial charge in [0.1, 0.15) is 12.1 Å². The highest BCUT2D eigenvalue weighted by Crippen LogP contribution is 2.35. The van der Waals surface area contributed by atoms with Gasteiger partial charge >= 0.3 is 0 Å². The fourth-order valence-corrected chi connectivity index (χ4v) is 4.94. The van der Waals surface area contributed by atoms with Crippen LogP contribution in [0.4, 0.5) is 17.2 Å². The standard InChI is InChI=1S/C30H37N5O/c1-22(23-10-7-5-4-6-8-11-23)24-13-15-25(16-14-24)34-30-27-20-26(17-18-28(27)31-21-32-30)33-29(36)12-9-19-35(2)3/h13-18,20-23H,4-8,10-11,19H2,1-3H3,(H,33,36)(H,31,32,34). The van der Waals surface area contributed by atoms with Crippen LogP contribution in [0.2, 0.25) is 0 Å². The summed E-state index contributed by atoms with van der Waals surface area (Å²) in [6.45, 7) is 2.92. The van der Waals surface area contributed by atoms with Crippen LogP contribution in [0.25, 0.3) is 10.9 Å². The van der Waals surface area contributed by atoms with Crippen LogP contribution in [-0.4, -0.2) is 41.4 Å². The second kappa shape index (κ2) is 12.5. The molecule has 0 aliphatic heterocycles. The lowest BCUT2D eigenvalue weighted by Gasteiger charge is -2.26. The summed E-state index contributed by atoms with van der Waals surface area (Å²) in [5, 5.41) is 7.12. The fraction of sp³-hybridized carbons (Fsp3) is 0.433. The van der Waals surface area contributed by atoms with Gasteiger partial charge in [-0.15, -0.1) is 0 Å². The first-order valence-electron chi connectivity index (χ1n) is 13.1. The first-order chi connectivity index (χ1) is 17.5. The summed E-state index contributed by atoms with van der Waals surface area (Å²) >= 11 is 0. The Hall–Kier alpha value is -3.43. The van der Waals surface area contributed by atoms with Crippen LogP contribution < -0.4 is 10.6 Å². The van der Waals surface area contributed by atoms with Crippen molar-refractivity contribution in [2.75, 3.05) is 31.3 Å². The van der Waals surface area contributed by atoms with Crippen molar-refractivity contribution in [3.63, 3.8) is 0 Å². The first-order valence-corrected chi connectivity index (χ1v) is 13.1. The molecule has 1 aromatic heterocycles. The molecule has 4 rings (SSSR count). The maximum atomic E-state index is 12.2. The van der Waals surface area contributed by atoms with E-state index in [1.165, 1.54) is 50.5 Å². The number of amides is 1. The van der Waals surface area contributed by atoms with E-state index in [0.717, 1.165) is 22.5 Å². The number of nitrogens with one attached hydrogen (secondary N) is 2. The molecule has 2 aromatic carbocycles. The van der Waals surface area contributed by atoms with Crippen LogP contribution in [0.3, 0.4) is 0 Å². The Bertz CT molecular complexity index is 1220. The number of hydrogen-bond acceptors (Lipinski definition) is 5. The second-order valence-electron chi connectivity index (χ2n) is 10.1. The quantitative estimate of drug-likeness (QED) is 0.400. The molecule has 36 heavy (non-hydrogen) atoms. The van der Waals surface area contributed by atoms with E-state index in [0.29, 0.717) is 24.0 Å². The highest BCUT2D eigenvalue weighted by molar-refractivity contribution is 6.05. The van der Waals surface area contributed by atoms with E-state index in [4.69, 9.17) is 0 Å². The third-order valence-corrected chi connectivity index (χ3v) is 7.05.